The number of nitrogens with zero attached hydrogens (tertiary/aromatic N) is 5. The highest BCUT2D eigenvalue weighted by atomic mass is 35.5. The van der Waals surface area contributed by atoms with Gasteiger partial charge in [-0.25, -0.2) is 9.98 Å². The van der Waals surface area contributed by atoms with Gasteiger partial charge in [-0.1, -0.05) is 66.7 Å². The summed E-state index contributed by atoms with van der Waals surface area (Å²) in [4.78, 5) is 10.3. The van der Waals surface area contributed by atoms with E-state index in [1.807, 2.05) is 37.3 Å². The Balaban J connectivity index is 1.40. The molecule has 0 radical (unpaired) electrons. The third kappa shape index (κ3) is 7.64. The van der Waals surface area contributed by atoms with Crippen molar-refractivity contribution in [1.29, 1.82) is 0 Å². The Morgan fingerprint density at radius 1 is 1.12 bits per heavy atom. The molecule has 0 bridgehead atoms. The van der Waals surface area contributed by atoms with E-state index in [-0.39, 0.29) is 17.6 Å². The van der Waals surface area contributed by atoms with Gasteiger partial charge in [-0.05, 0) is 54.8 Å². The van der Waals surface area contributed by atoms with Crippen molar-refractivity contribution < 1.29 is 17.9 Å². The second kappa shape index (κ2) is 13.0. The molecule has 1 atom stereocenters. The molecule has 0 aromatic heterocycles. The van der Waals surface area contributed by atoms with Gasteiger partial charge in [-0.3, -0.25) is 0 Å². The number of aryl methyl sites for hydroxylation is 1. The van der Waals surface area contributed by atoms with Crippen LogP contribution in [0, 0.1) is 6.92 Å². The SMILES string of the molecule is CCC1CS/C(=N/N=C\c2ccc(C(N)=NC=Nc3ccc(OC(F)(F)F)cc3)cc2)N1c1c(C)cccc1Cl. The molecule has 1 aliphatic rings. The number of thioether (sulfide) groups is 1. The minimum Gasteiger partial charge on any atom is -0.406 e. The molecule has 1 fully saturated rings. The van der Waals surface area contributed by atoms with Gasteiger partial charge in [0.2, 0.25) is 0 Å². The summed E-state index contributed by atoms with van der Waals surface area (Å²) in [6, 6.07) is 18.5. The number of aliphatic imine (C=N–C) groups is 2. The quantitative estimate of drug-likeness (QED) is 0.170. The molecule has 40 heavy (non-hydrogen) atoms. The number of hydrogen-bond donors (Lipinski definition) is 1. The number of amidine groups is 2. The molecule has 0 aliphatic carbocycles. The van der Waals surface area contributed by atoms with Gasteiger partial charge in [-0.2, -0.15) is 5.10 Å². The second-order valence-electron chi connectivity index (χ2n) is 8.70. The van der Waals surface area contributed by atoms with Crippen molar-refractivity contribution in [1.82, 2.24) is 0 Å². The highest BCUT2D eigenvalue weighted by molar-refractivity contribution is 8.14. The van der Waals surface area contributed by atoms with Gasteiger partial charge in [0.05, 0.1) is 22.6 Å². The van der Waals surface area contributed by atoms with Gasteiger partial charge in [0.1, 0.15) is 17.9 Å². The first-order chi connectivity index (χ1) is 19.1. The summed E-state index contributed by atoms with van der Waals surface area (Å²) >= 11 is 8.20. The summed E-state index contributed by atoms with van der Waals surface area (Å²) in [6.45, 7) is 4.18. The molecule has 2 N–H and O–H groups in total. The number of rotatable bonds is 8. The summed E-state index contributed by atoms with van der Waals surface area (Å²) in [5.41, 5.74) is 9.98. The van der Waals surface area contributed by atoms with Crippen LogP contribution in [0.4, 0.5) is 24.5 Å². The van der Waals surface area contributed by atoms with Crippen molar-refractivity contribution in [3.63, 3.8) is 0 Å². The molecular weight excluding hydrogens is 561 g/mol. The van der Waals surface area contributed by atoms with E-state index < -0.39 is 6.36 Å². The zero-order valence-electron chi connectivity index (χ0n) is 21.6. The van der Waals surface area contributed by atoms with Gasteiger partial charge in [0.15, 0.2) is 5.17 Å². The van der Waals surface area contributed by atoms with Crippen LogP contribution in [0.5, 0.6) is 5.75 Å². The first kappa shape index (κ1) is 29.2. The highest BCUT2D eigenvalue weighted by Crippen LogP contribution is 2.38. The molecule has 1 aliphatic heterocycles. The van der Waals surface area contributed by atoms with Crippen molar-refractivity contribution >= 4 is 58.3 Å². The number of hydrogen-bond acceptors (Lipinski definition) is 5. The average molecular weight is 587 g/mol. The van der Waals surface area contributed by atoms with E-state index >= 15 is 0 Å². The predicted octanol–water partition coefficient (Wildman–Crippen LogP) is 7.33. The summed E-state index contributed by atoms with van der Waals surface area (Å²) in [5.74, 6) is 0.803. The summed E-state index contributed by atoms with van der Waals surface area (Å²) < 4.78 is 40.6. The molecule has 0 amide bonds. The standard InChI is InChI=1S/C28H26ClF3N6OS/c1-3-22-16-40-27(38(22)25-18(2)5-4-6-24(25)29)37-36-15-19-7-9-20(10-8-19)26(33)35-17-34-21-11-13-23(14-12-21)39-28(30,31)32/h4-15,17,22H,3,16H2,1-2H3,(H2,33,34,35)/b36-15-,37-27+. The molecule has 3 aromatic rings. The maximum atomic E-state index is 12.3. The van der Waals surface area contributed by atoms with Crippen LogP contribution in [0.2, 0.25) is 5.02 Å². The Kier molecular flexibility index (Phi) is 9.49. The van der Waals surface area contributed by atoms with E-state index in [9.17, 15) is 13.2 Å². The van der Waals surface area contributed by atoms with E-state index in [1.165, 1.54) is 30.6 Å². The fourth-order valence-corrected chi connectivity index (χ4v) is 5.43. The smallest absolute Gasteiger partial charge is 0.406 e. The molecular formula is C28H26ClF3N6OS. The van der Waals surface area contributed by atoms with Crippen LogP contribution in [0.1, 0.15) is 30.0 Å². The molecule has 208 valence electrons. The number of nitrogens with two attached hydrogens (primary N) is 1. The zero-order valence-corrected chi connectivity index (χ0v) is 23.2. The van der Waals surface area contributed by atoms with E-state index in [2.05, 4.69) is 36.7 Å². The second-order valence-corrected chi connectivity index (χ2v) is 10.1. The lowest BCUT2D eigenvalue weighted by atomic mass is 10.1. The van der Waals surface area contributed by atoms with Gasteiger partial charge in [0.25, 0.3) is 0 Å². The molecule has 0 saturated carbocycles. The van der Waals surface area contributed by atoms with Crippen LogP contribution >= 0.6 is 23.4 Å². The fourth-order valence-electron chi connectivity index (χ4n) is 3.91. The van der Waals surface area contributed by atoms with Gasteiger partial charge in [0, 0.05) is 17.4 Å². The number of benzene rings is 3. The van der Waals surface area contributed by atoms with Gasteiger partial charge < -0.3 is 15.4 Å². The highest BCUT2D eigenvalue weighted by Gasteiger charge is 2.33. The molecule has 1 unspecified atom stereocenters. The molecule has 1 heterocycles. The third-order valence-electron chi connectivity index (χ3n) is 5.91. The lowest BCUT2D eigenvalue weighted by Gasteiger charge is -2.27. The molecule has 4 rings (SSSR count). The zero-order chi connectivity index (χ0) is 28.7. The summed E-state index contributed by atoms with van der Waals surface area (Å²) in [7, 11) is 0. The first-order valence-electron chi connectivity index (χ1n) is 12.2. The topological polar surface area (TPSA) is 87.9 Å². The monoisotopic (exact) mass is 586 g/mol. The Hall–Kier alpha value is -3.83. The molecule has 3 aromatic carbocycles. The Labute approximate surface area is 239 Å². The number of halogens is 4. The van der Waals surface area contributed by atoms with Crippen molar-refractivity contribution in [3.8, 4) is 5.75 Å². The first-order valence-corrected chi connectivity index (χ1v) is 13.6. The minimum absolute atomic E-state index is 0.225. The lowest BCUT2D eigenvalue weighted by molar-refractivity contribution is -0.274. The predicted molar refractivity (Wildman–Crippen MR) is 159 cm³/mol. The fraction of sp³-hybridized carbons (Fsp3) is 0.214. The molecule has 12 heteroatoms. The number of ether oxygens (including phenoxy) is 1. The minimum atomic E-state index is -4.75. The van der Waals surface area contributed by atoms with Crippen LogP contribution in [0.15, 0.2) is 86.9 Å². The van der Waals surface area contributed by atoms with Crippen molar-refractivity contribution in [2.24, 2.45) is 25.9 Å². The van der Waals surface area contributed by atoms with Crippen molar-refractivity contribution in [2.75, 3.05) is 10.7 Å². The van der Waals surface area contributed by atoms with Crippen LogP contribution in [-0.2, 0) is 0 Å². The normalized spacial score (nSPS) is 17.4. The summed E-state index contributed by atoms with van der Waals surface area (Å²) in [6.07, 6.45) is -0.896. The summed E-state index contributed by atoms with van der Waals surface area (Å²) in [5, 5.41) is 10.3. The van der Waals surface area contributed by atoms with Gasteiger partial charge in [-0.15, -0.1) is 18.3 Å². The number of anilines is 1. The van der Waals surface area contributed by atoms with Crippen LogP contribution in [0.25, 0.3) is 0 Å². The van der Waals surface area contributed by atoms with Crippen LogP contribution in [0.3, 0.4) is 0 Å². The Morgan fingerprint density at radius 2 is 1.85 bits per heavy atom. The van der Waals surface area contributed by atoms with E-state index in [4.69, 9.17) is 17.3 Å². The van der Waals surface area contributed by atoms with E-state index in [1.54, 1.807) is 30.1 Å². The van der Waals surface area contributed by atoms with E-state index in [0.29, 0.717) is 16.3 Å². The van der Waals surface area contributed by atoms with Crippen LogP contribution < -0.4 is 15.4 Å². The van der Waals surface area contributed by atoms with Crippen molar-refractivity contribution in [2.45, 2.75) is 32.7 Å². The maximum Gasteiger partial charge on any atom is 0.573 e. The Bertz CT molecular complexity index is 1420. The number of alkyl halides is 3. The molecule has 0 spiro atoms. The van der Waals surface area contributed by atoms with Crippen LogP contribution in [-0.4, -0.2) is 41.7 Å². The molecule has 1 saturated heterocycles. The average Bonchev–Trinajstić information content (AvgIpc) is 3.31. The largest absolute Gasteiger partial charge is 0.573 e. The third-order valence-corrected chi connectivity index (χ3v) is 7.30. The molecule has 7 nitrogen and oxygen atoms in total. The maximum absolute atomic E-state index is 12.3. The Morgan fingerprint density at radius 3 is 2.50 bits per heavy atom. The van der Waals surface area contributed by atoms with Gasteiger partial charge >= 0.3 is 6.36 Å². The lowest BCUT2D eigenvalue weighted by Crippen LogP contribution is -2.34. The van der Waals surface area contributed by atoms with Crippen molar-refractivity contribution in [3.05, 3.63) is 88.4 Å². The van der Waals surface area contributed by atoms with E-state index in [0.717, 1.165) is 34.2 Å². The number of para-hydroxylation sites is 1.